The molecule has 2 aliphatic heterocycles. The third-order valence-corrected chi connectivity index (χ3v) is 2.38. The molecule has 3 nitrogen and oxygen atoms in total. The average Bonchev–Trinajstić information content (AvgIpc) is 2.64. The molecule has 2 aliphatic rings. The Hall–Kier alpha value is -1.51. The molecule has 0 aromatic carbocycles. The Balaban J connectivity index is 2.14. The van der Waals surface area contributed by atoms with Crippen LogP contribution in [0.1, 0.15) is 17.3 Å². The lowest BCUT2D eigenvalue weighted by molar-refractivity contribution is -0.00488. The zero-order chi connectivity index (χ0) is 8.84. The van der Waals surface area contributed by atoms with Crippen molar-refractivity contribution in [2.45, 2.75) is 19.1 Å². The van der Waals surface area contributed by atoms with E-state index in [-0.39, 0.29) is 12.2 Å². The van der Waals surface area contributed by atoms with Crippen molar-refractivity contribution in [3.63, 3.8) is 0 Å². The average molecular weight is 175 g/mol. The molecule has 0 aliphatic carbocycles. The first kappa shape index (κ1) is 6.95. The van der Waals surface area contributed by atoms with Gasteiger partial charge in [0.25, 0.3) is 6.29 Å². The Bertz CT molecular complexity index is 387. The van der Waals surface area contributed by atoms with Gasteiger partial charge in [0.1, 0.15) is 11.7 Å². The smallest absolute Gasteiger partial charge is 0.252 e. The molecule has 2 atom stereocenters. The van der Waals surface area contributed by atoms with Crippen molar-refractivity contribution in [3.05, 3.63) is 35.9 Å². The maximum atomic E-state index is 5.54. The second-order valence-corrected chi connectivity index (χ2v) is 3.31. The summed E-state index contributed by atoms with van der Waals surface area (Å²) in [7, 11) is 0. The standard InChI is InChI=1S/C10H9NO2/c1-6-2-3-8-9(11-6)7-4-5-12-10(7)13-8/h2-5,7,10H,1H3. The summed E-state index contributed by atoms with van der Waals surface area (Å²) < 4.78 is 10.8. The Labute approximate surface area is 76.0 Å². The molecule has 2 unspecified atom stereocenters. The quantitative estimate of drug-likeness (QED) is 0.601. The van der Waals surface area contributed by atoms with Gasteiger partial charge in [-0.3, -0.25) is 4.98 Å². The van der Waals surface area contributed by atoms with Crippen molar-refractivity contribution in [3.8, 4) is 5.75 Å². The molecule has 3 rings (SSSR count). The van der Waals surface area contributed by atoms with E-state index in [1.54, 1.807) is 6.26 Å². The fraction of sp³-hybridized carbons (Fsp3) is 0.300. The number of hydrogen-bond donors (Lipinski definition) is 0. The predicted octanol–water partition coefficient (Wildman–Crippen LogP) is 1.74. The summed E-state index contributed by atoms with van der Waals surface area (Å²) in [5.41, 5.74) is 2.02. The third-order valence-electron chi connectivity index (χ3n) is 2.38. The second kappa shape index (κ2) is 2.25. The van der Waals surface area contributed by atoms with Crippen molar-refractivity contribution in [2.75, 3.05) is 0 Å². The van der Waals surface area contributed by atoms with E-state index in [0.717, 1.165) is 17.1 Å². The van der Waals surface area contributed by atoms with Crippen LogP contribution in [0.3, 0.4) is 0 Å². The van der Waals surface area contributed by atoms with Crippen LogP contribution < -0.4 is 4.74 Å². The number of pyridine rings is 1. The maximum absolute atomic E-state index is 5.54. The van der Waals surface area contributed by atoms with Crippen LogP contribution >= 0.6 is 0 Å². The molecule has 0 spiro atoms. The largest absolute Gasteiger partial charge is 0.462 e. The summed E-state index contributed by atoms with van der Waals surface area (Å²) in [5.74, 6) is 1.04. The Morgan fingerprint density at radius 2 is 2.31 bits per heavy atom. The highest BCUT2D eigenvalue weighted by Crippen LogP contribution is 2.40. The highest BCUT2D eigenvalue weighted by molar-refractivity contribution is 5.39. The number of nitrogens with zero attached hydrogens (tertiary/aromatic N) is 1. The van der Waals surface area contributed by atoms with Gasteiger partial charge in [-0.2, -0.15) is 0 Å². The van der Waals surface area contributed by atoms with Gasteiger partial charge in [0.2, 0.25) is 0 Å². The van der Waals surface area contributed by atoms with E-state index in [1.807, 2.05) is 25.1 Å². The minimum Gasteiger partial charge on any atom is -0.462 e. The Kier molecular flexibility index (Phi) is 1.20. The van der Waals surface area contributed by atoms with Gasteiger partial charge < -0.3 is 9.47 Å². The maximum Gasteiger partial charge on any atom is 0.252 e. The van der Waals surface area contributed by atoms with Crippen LogP contribution in [0, 0.1) is 6.92 Å². The molecule has 0 N–H and O–H groups in total. The van der Waals surface area contributed by atoms with Gasteiger partial charge in [-0.05, 0) is 25.1 Å². The van der Waals surface area contributed by atoms with E-state index < -0.39 is 0 Å². The van der Waals surface area contributed by atoms with E-state index in [0.29, 0.717) is 0 Å². The molecule has 1 aromatic heterocycles. The van der Waals surface area contributed by atoms with Crippen LogP contribution in [0.15, 0.2) is 24.5 Å². The molecular weight excluding hydrogens is 166 g/mol. The first-order valence-electron chi connectivity index (χ1n) is 4.31. The summed E-state index contributed by atoms with van der Waals surface area (Å²) in [6.45, 7) is 1.98. The minimum atomic E-state index is -0.177. The fourth-order valence-electron chi connectivity index (χ4n) is 1.73. The van der Waals surface area contributed by atoms with Gasteiger partial charge in [0.05, 0.1) is 12.0 Å². The van der Waals surface area contributed by atoms with Gasteiger partial charge in [0, 0.05) is 5.69 Å². The number of aryl methyl sites for hydroxylation is 1. The number of rotatable bonds is 0. The van der Waals surface area contributed by atoms with Crippen LogP contribution in [0.5, 0.6) is 5.75 Å². The lowest BCUT2D eigenvalue weighted by atomic mass is 10.1. The molecule has 0 saturated heterocycles. The van der Waals surface area contributed by atoms with E-state index in [4.69, 9.17) is 9.47 Å². The van der Waals surface area contributed by atoms with Crippen LogP contribution in [0.2, 0.25) is 0 Å². The summed E-state index contributed by atoms with van der Waals surface area (Å²) in [4.78, 5) is 4.44. The molecule has 0 fully saturated rings. The summed E-state index contributed by atoms with van der Waals surface area (Å²) in [6.07, 6.45) is 3.50. The Morgan fingerprint density at radius 3 is 3.23 bits per heavy atom. The first-order valence-corrected chi connectivity index (χ1v) is 4.31. The van der Waals surface area contributed by atoms with E-state index >= 15 is 0 Å². The molecule has 0 radical (unpaired) electrons. The van der Waals surface area contributed by atoms with Gasteiger partial charge in [-0.15, -0.1) is 0 Å². The van der Waals surface area contributed by atoms with Crippen molar-refractivity contribution >= 4 is 0 Å². The number of hydrogen-bond acceptors (Lipinski definition) is 3. The SMILES string of the molecule is Cc1ccc2c(n1)C1C=COC1O2. The van der Waals surface area contributed by atoms with E-state index in [9.17, 15) is 0 Å². The van der Waals surface area contributed by atoms with Crippen LogP contribution in [-0.2, 0) is 4.74 Å². The van der Waals surface area contributed by atoms with Gasteiger partial charge in [-0.25, -0.2) is 0 Å². The lowest BCUT2D eigenvalue weighted by Gasteiger charge is -2.07. The van der Waals surface area contributed by atoms with Crippen molar-refractivity contribution < 1.29 is 9.47 Å². The van der Waals surface area contributed by atoms with Crippen LogP contribution in [0.25, 0.3) is 0 Å². The van der Waals surface area contributed by atoms with E-state index in [2.05, 4.69) is 4.98 Å². The van der Waals surface area contributed by atoms with Crippen LogP contribution in [-0.4, -0.2) is 11.3 Å². The molecule has 0 amide bonds. The number of ether oxygens (including phenoxy) is 2. The number of fused-ring (bicyclic) bond motifs is 3. The van der Waals surface area contributed by atoms with Crippen molar-refractivity contribution in [2.24, 2.45) is 0 Å². The van der Waals surface area contributed by atoms with Gasteiger partial charge >= 0.3 is 0 Å². The molecule has 0 saturated carbocycles. The lowest BCUT2D eigenvalue weighted by Crippen LogP contribution is -2.14. The molecule has 0 bridgehead atoms. The third kappa shape index (κ3) is 0.869. The molecule has 13 heavy (non-hydrogen) atoms. The van der Waals surface area contributed by atoms with Crippen LogP contribution in [0.4, 0.5) is 0 Å². The topological polar surface area (TPSA) is 31.4 Å². The monoisotopic (exact) mass is 175 g/mol. The zero-order valence-corrected chi connectivity index (χ0v) is 7.23. The summed E-state index contributed by atoms with van der Waals surface area (Å²) >= 11 is 0. The second-order valence-electron chi connectivity index (χ2n) is 3.31. The highest BCUT2D eigenvalue weighted by atomic mass is 16.7. The summed E-state index contributed by atoms with van der Waals surface area (Å²) in [5, 5.41) is 0. The van der Waals surface area contributed by atoms with Gasteiger partial charge in [-0.1, -0.05) is 0 Å². The Morgan fingerprint density at radius 1 is 1.38 bits per heavy atom. The van der Waals surface area contributed by atoms with E-state index in [1.165, 1.54) is 0 Å². The minimum absolute atomic E-state index is 0.177. The molecule has 66 valence electrons. The summed E-state index contributed by atoms with van der Waals surface area (Å²) in [6, 6.07) is 3.90. The molecule has 3 heterocycles. The fourth-order valence-corrected chi connectivity index (χ4v) is 1.73. The molecular formula is C10H9NO2. The first-order chi connectivity index (χ1) is 6.34. The zero-order valence-electron chi connectivity index (χ0n) is 7.23. The van der Waals surface area contributed by atoms with Crippen molar-refractivity contribution in [1.82, 2.24) is 4.98 Å². The normalized spacial score (nSPS) is 27.8. The van der Waals surface area contributed by atoms with Gasteiger partial charge in [0.15, 0.2) is 0 Å². The molecule has 3 heteroatoms. The number of aromatic nitrogens is 1. The van der Waals surface area contributed by atoms with Crippen molar-refractivity contribution in [1.29, 1.82) is 0 Å². The predicted molar refractivity (Wildman–Crippen MR) is 46.4 cm³/mol. The highest BCUT2D eigenvalue weighted by Gasteiger charge is 2.38. The molecule has 1 aromatic rings.